The Balaban J connectivity index is 2.43. The molecule has 0 aliphatic carbocycles. The van der Waals surface area contributed by atoms with Gasteiger partial charge in [0.15, 0.2) is 0 Å². The summed E-state index contributed by atoms with van der Waals surface area (Å²) >= 11 is 0. The van der Waals surface area contributed by atoms with Crippen LogP contribution in [0.25, 0.3) is 0 Å². The summed E-state index contributed by atoms with van der Waals surface area (Å²) in [5.74, 6) is -0.749. The van der Waals surface area contributed by atoms with Crippen LogP contribution in [0.5, 0.6) is 0 Å². The summed E-state index contributed by atoms with van der Waals surface area (Å²) in [6, 6.07) is 7.89. The summed E-state index contributed by atoms with van der Waals surface area (Å²) in [7, 11) is 0. The highest BCUT2D eigenvalue weighted by atomic mass is 16.4. The molecule has 104 valence electrons. The van der Waals surface area contributed by atoms with Gasteiger partial charge in [-0.3, -0.25) is 4.90 Å². The van der Waals surface area contributed by atoms with Gasteiger partial charge in [0, 0.05) is 26.2 Å². The minimum Gasteiger partial charge on any atom is -0.480 e. The molecule has 0 saturated carbocycles. The van der Waals surface area contributed by atoms with Gasteiger partial charge < -0.3 is 10.4 Å². The van der Waals surface area contributed by atoms with E-state index < -0.39 is 11.5 Å². The molecule has 2 rings (SSSR count). The van der Waals surface area contributed by atoms with E-state index >= 15 is 0 Å². The fraction of sp³-hybridized carbons (Fsp3) is 0.533. The predicted molar refractivity (Wildman–Crippen MR) is 75.2 cm³/mol. The Morgan fingerprint density at radius 2 is 1.89 bits per heavy atom. The van der Waals surface area contributed by atoms with Crippen LogP contribution in [0.15, 0.2) is 24.3 Å². The summed E-state index contributed by atoms with van der Waals surface area (Å²) in [5.41, 5.74) is 1.14. The number of aliphatic carboxylic acids is 1. The normalized spacial score (nSPS) is 19.9. The molecule has 0 spiro atoms. The van der Waals surface area contributed by atoms with Crippen LogP contribution < -0.4 is 5.32 Å². The first kappa shape index (κ1) is 14.0. The topological polar surface area (TPSA) is 52.6 Å². The van der Waals surface area contributed by atoms with Crippen LogP contribution in [0.3, 0.4) is 0 Å². The lowest BCUT2D eigenvalue weighted by atomic mass is 9.84. The second-order valence-corrected chi connectivity index (χ2v) is 5.12. The average molecular weight is 262 g/mol. The van der Waals surface area contributed by atoms with Gasteiger partial charge in [0.2, 0.25) is 0 Å². The fourth-order valence-corrected chi connectivity index (χ4v) is 2.90. The highest BCUT2D eigenvalue weighted by Crippen LogP contribution is 2.33. The van der Waals surface area contributed by atoms with Crippen molar-refractivity contribution in [2.75, 3.05) is 26.2 Å². The van der Waals surface area contributed by atoms with Gasteiger partial charge in [-0.25, -0.2) is 4.79 Å². The Morgan fingerprint density at radius 3 is 2.37 bits per heavy atom. The van der Waals surface area contributed by atoms with Gasteiger partial charge >= 0.3 is 5.97 Å². The van der Waals surface area contributed by atoms with E-state index in [0.717, 1.165) is 37.3 Å². The van der Waals surface area contributed by atoms with Crippen molar-refractivity contribution in [1.29, 1.82) is 0 Å². The van der Waals surface area contributed by atoms with Crippen LogP contribution >= 0.6 is 0 Å². The second kappa shape index (κ2) is 5.72. The zero-order chi connectivity index (χ0) is 13.9. The molecule has 1 heterocycles. The van der Waals surface area contributed by atoms with Crippen LogP contribution in [-0.4, -0.2) is 42.2 Å². The summed E-state index contributed by atoms with van der Waals surface area (Å²) in [4.78, 5) is 14.1. The lowest BCUT2D eigenvalue weighted by Crippen LogP contribution is -2.58. The van der Waals surface area contributed by atoms with E-state index in [-0.39, 0.29) is 0 Å². The van der Waals surface area contributed by atoms with E-state index in [4.69, 9.17) is 0 Å². The molecule has 4 heteroatoms. The number of hydrogen-bond acceptors (Lipinski definition) is 3. The van der Waals surface area contributed by atoms with Crippen LogP contribution in [0.2, 0.25) is 0 Å². The van der Waals surface area contributed by atoms with Crippen molar-refractivity contribution >= 4 is 5.97 Å². The molecular weight excluding hydrogens is 240 g/mol. The number of aryl methyl sites for hydroxylation is 1. The van der Waals surface area contributed by atoms with Crippen molar-refractivity contribution in [3.8, 4) is 0 Å². The SMILES string of the molecule is CCC(C(=O)O)(c1ccc(C)cc1)N1CCNCC1. The minimum absolute atomic E-state index is 0.575. The second-order valence-electron chi connectivity index (χ2n) is 5.12. The van der Waals surface area contributed by atoms with Crippen molar-refractivity contribution < 1.29 is 9.90 Å². The van der Waals surface area contributed by atoms with E-state index in [1.165, 1.54) is 0 Å². The van der Waals surface area contributed by atoms with E-state index in [9.17, 15) is 9.90 Å². The van der Waals surface area contributed by atoms with Crippen LogP contribution in [0, 0.1) is 6.92 Å². The van der Waals surface area contributed by atoms with Crippen molar-refractivity contribution in [2.45, 2.75) is 25.8 Å². The van der Waals surface area contributed by atoms with E-state index in [2.05, 4.69) is 10.2 Å². The molecule has 0 radical (unpaired) electrons. The lowest BCUT2D eigenvalue weighted by molar-refractivity contribution is -0.153. The van der Waals surface area contributed by atoms with Gasteiger partial charge in [-0.15, -0.1) is 0 Å². The summed E-state index contributed by atoms with van der Waals surface area (Å²) in [5, 5.41) is 13.1. The van der Waals surface area contributed by atoms with E-state index in [1.54, 1.807) is 0 Å². The number of nitrogens with one attached hydrogen (secondary N) is 1. The first-order valence-corrected chi connectivity index (χ1v) is 6.87. The fourth-order valence-electron chi connectivity index (χ4n) is 2.90. The smallest absolute Gasteiger partial charge is 0.328 e. The standard InChI is InChI=1S/C15H22N2O2/c1-3-15(14(18)19,17-10-8-16-9-11-17)13-6-4-12(2)5-7-13/h4-7,16H,3,8-11H2,1-2H3,(H,18,19). The number of nitrogens with zero attached hydrogens (tertiary/aromatic N) is 1. The van der Waals surface area contributed by atoms with Gasteiger partial charge in [0.05, 0.1) is 0 Å². The molecule has 2 N–H and O–H groups in total. The molecular formula is C15H22N2O2. The van der Waals surface area contributed by atoms with Crippen molar-refractivity contribution in [3.63, 3.8) is 0 Å². The predicted octanol–water partition coefficient (Wildman–Crippen LogP) is 1.59. The van der Waals surface area contributed by atoms with E-state index in [1.807, 2.05) is 38.1 Å². The van der Waals surface area contributed by atoms with E-state index in [0.29, 0.717) is 6.42 Å². The number of hydrogen-bond donors (Lipinski definition) is 2. The maximum Gasteiger partial charge on any atom is 0.328 e. The highest BCUT2D eigenvalue weighted by Gasteiger charge is 2.44. The number of carboxylic acids is 1. The molecule has 0 aromatic heterocycles. The molecule has 1 unspecified atom stereocenters. The van der Waals surface area contributed by atoms with Crippen molar-refractivity contribution in [2.24, 2.45) is 0 Å². The van der Waals surface area contributed by atoms with Crippen LogP contribution in [0.4, 0.5) is 0 Å². The number of carbonyl (C=O) groups is 1. The van der Waals surface area contributed by atoms with Gasteiger partial charge in [-0.2, -0.15) is 0 Å². The van der Waals surface area contributed by atoms with Gasteiger partial charge in [-0.1, -0.05) is 36.8 Å². The largest absolute Gasteiger partial charge is 0.480 e. The third kappa shape index (κ3) is 2.51. The zero-order valence-electron chi connectivity index (χ0n) is 11.6. The third-order valence-corrected chi connectivity index (χ3v) is 4.05. The molecule has 19 heavy (non-hydrogen) atoms. The molecule has 1 atom stereocenters. The third-order valence-electron chi connectivity index (χ3n) is 4.05. The molecule has 1 fully saturated rings. The van der Waals surface area contributed by atoms with Crippen LogP contribution in [0.1, 0.15) is 24.5 Å². The van der Waals surface area contributed by atoms with Crippen LogP contribution in [-0.2, 0) is 10.3 Å². The van der Waals surface area contributed by atoms with Gasteiger partial charge in [-0.05, 0) is 18.9 Å². The lowest BCUT2D eigenvalue weighted by Gasteiger charge is -2.42. The Kier molecular flexibility index (Phi) is 4.22. The molecule has 4 nitrogen and oxygen atoms in total. The summed E-state index contributed by atoms with van der Waals surface area (Å²) in [6.07, 6.45) is 0.575. The highest BCUT2D eigenvalue weighted by molar-refractivity contribution is 5.80. The number of benzene rings is 1. The minimum atomic E-state index is -0.893. The number of carboxylic acid groups (broad SMARTS) is 1. The Morgan fingerprint density at radius 1 is 1.32 bits per heavy atom. The Bertz CT molecular complexity index is 438. The molecule has 1 aliphatic rings. The van der Waals surface area contributed by atoms with Gasteiger partial charge in [0.25, 0.3) is 0 Å². The van der Waals surface area contributed by atoms with Gasteiger partial charge in [0.1, 0.15) is 5.54 Å². The summed E-state index contributed by atoms with van der Waals surface area (Å²) < 4.78 is 0. The molecule has 1 saturated heterocycles. The quantitative estimate of drug-likeness (QED) is 0.865. The maximum absolute atomic E-state index is 12.0. The Labute approximate surface area is 114 Å². The monoisotopic (exact) mass is 262 g/mol. The first-order valence-electron chi connectivity index (χ1n) is 6.87. The Hall–Kier alpha value is -1.39. The number of rotatable bonds is 4. The molecule has 0 bridgehead atoms. The maximum atomic E-state index is 12.0. The number of piperazine rings is 1. The van der Waals surface area contributed by atoms with Crippen molar-refractivity contribution in [3.05, 3.63) is 35.4 Å². The molecule has 1 aromatic carbocycles. The molecule has 1 aromatic rings. The first-order chi connectivity index (χ1) is 9.11. The molecule has 1 aliphatic heterocycles. The molecule has 0 amide bonds. The van der Waals surface area contributed by atoms with Crippen molar-refractivity contribution in [1.82, 2.24) is 10.2 Å². The average Bonchev–Trinajstić information content (AvgIpc) is 2.43. The summed E-state index contributed by atoms with van der Waals surface area (Å²) in [6.45, 7) is 7.21. The zero-order valence-corrected chi connectivity index (χ0v) is 11.6.